The molecule has 0 heterocycles. The van der Waals surface area contributed by atoms with Crippen LogP contribution in [-0.2, 0) is 16.0 Å². The largest absolute Gasteiger partial charge is 0.481 e. The fourth-order valence-corrected chi connectivity index (χ4v) is 2.94. The molecular weight excluding hydrogens is 270 g/mol. The third-order valence-electron chi connectivity index (χ3n) is 4.06. The molecule has 1 saturated carbocycles. The fraction of sp³-hybridized carbons (Fsp3) is 0.500. The van der Waals surface area contributed by atoms with Crippen LogP contribution in [0.1, 0.15) is 24.8 Å². The number of aliphatic hydroxyl groups excluding tert-OH is 1. The molecule has 2 unspecified atom stereocenters. The summed E-state index contributed by atoms with van der Waals surface area (Å²) in [6, 6.07) is 9.21. The molecule has 0 aliphatic heterocycles. The highest BCUT2D eigenvalue weighted by Crippen LogP contribution is 2.32. The average molecular weight is 291 g/mol. The number of aliphatic hydroxyl groups is 1. The highest BCUT2D eigenvalue weighted by Gasteiger charge is 2.38. The number of hydrogen-bond donors (Lipinski definition) is 3. The normalized spacial score (nSPS) is 22.7. The molecule has 0 bridgehead atoms. The first-order valence-corrected chi connectivity index (χ1v) is 7.29. The van der Waals surface area contributed by atoms with Crippen LogP contribution >= 0.6 is 0 Å². The Balaban J connectivity index is 1.95. The van der Waals surface area contributed by atoms with E-state index in [1.54, 1.807) is 0 Å². The second-order valence-electron chi connectivity index (χ2n) is 5.56. The van der Waals surface area contributed by atoms with E-state index in [0.717, 1.165) is 12.0 Å². The average Bonchev–Trinajstić information content (AvgIpc) is 2.97. The molecule has 5 nitrogen and oxygen atoms in total. The molecule has 0 spiro atoms. The minimum absolute atomic E-state index is 0.162. The lowest BCUT2D eigenvalue weighted by atomic mass is 9.94. The monoisotopic (exact) mass is 291 g/mol. The standard InChI is InChI=1S/C16H21NO4/c18-10-12(9-11-5-2-1-3-6-11)17-15(19)13-7-4-8-14(13)16(20)21/h1-3,5-6,12-14,18H,4,7-10H2,(H,17,19)(H,20,21)/t12-,13?,14?/m0/s1. The molecule has 5 heteroatoms. The van der Waals surface area contributed by atoms with Gasteiger partial charge in [-0.25, -0.2) is 0 Å². The van der Waals surface area contributed by atoms with Crippen LogP contribution in [0.4, 0.5) is 0 Å². The van der Waals surface area contributed by atoms with Crippen molar-refractivity contribution in [3.8, 4) is 0 Å². The third-order valence-corrected chi connectivity index (χ3v) is 4.06. The summed E-state index contributed by atoms with van der Waals surface area (Å²) in [7, 11) is 0. The maximum Gasteiger partial charge on any atom is 0.307 e. The van der Waals surface area contributed by atoms with Crippen molar-refractivity contribution < 1.29 is 19.8 Å². The molecule has 3 atom stereocenters. The van der Waals surface area contributed by atoms with Crippen molar-refractivity contribution in [2.24, 2.45) is 11.8 Å². The molecule has 114 valence electrons. The lowest BCUT2D eigenvalue weighted by Crippen LogP contribution is -2.44. The van der Waals surface area contributed by atoms with E-state index in [-0.39, 0.29) is 18.6 Å². The highest BCUT2D eigenvalue weighted by molar-refractivity contribution is 5.85. The van der Waals surface area contributed by atoms with Gasteiger partial charge in [0.25, 0.3) is 0 Å². The third kappa shape index (κ3) is 4.04. The Kier molecular flexibility index (Phi) is 5.33. The zero-order chi connectivity index (χ0) is 15.2. The van der Waals surface area contributed by atoms with E-state index in [2.05, 4.69) is 5.32 Å². The summed E-state index contributed by atoms with van der Waals surface area (Å²) >= 11 is 0. The molecule has 21 heavy (non-hydrogen) atoms. The van der Waals surface area contributed by atoms with Gasteiger partial charge in [0.2, 0.25) is 5.91 Å². The summed E-state index contributed by atoms with van der Waals surface area (Å²) in [4.78, 5) is 23.4. The van der Waals surface area contributed by atoms with E-state index in [0.29, 0.717) is 19.3 Å². The second kappa shape index (κ2) is 7.22. The van der Waals surface area contributed by atoms with E-state index >= 15 is 0 Å². The number of nitrogens with one attached hydrogen (secondary N) is 1. The minimum atomic E-state index is -0.906. The number of carbonyl (C=O) groups excluding carboxylic acids is 1. The van der Waals surface area contributed by atoms with Gasteiger partial charge >= 0.3 is 5.97 Å². The number of rotatable bonds is 6. The number of hydrogen-bond acceptors (Lipinski definition) is 3. The molecule has 0 saturated heterocycles. The summed E-state index contributed by atoms with van der Waals surface area (Å²) < 4.78 is 0. The Morgan fingerprint density at radius 2 is 1.86 bits per heavy atom. The molecule has 0 aromatic heterocycles. The van der Waals surface area contributed by atoms with Crippen LogP contribution in [0.3, 0.4) is 0 Å². The van der Waals surface area contributed by atoms with Crippen LogP contribution in [-0.4, -0.2) is 34.7 Å². The van der Waals surface area contributed by atoms with Crippen molar-refractivity contribution in [2.45, 2.75) is 31.7 Å². The van der Waals surface area contributed by atoms with Gasteiger partial charge in [0.1, 0.15) is 0 Å². The van der Waals surface area contributed by atoms with Gasteiger partial charge in [-0.3, -0.25) is 9.59 Å². The Hall–Kier alpha value is -1.88. The van der Waals surface area contributed by atoms with Gasteiger partial charge in [-0.05, 0) is 24.8 Å². The lowest BCUT2D eigenvalue weighted by molar-refractivity contribution is -0.146. The van der Waals surface area contributed by atoms with Crippen LogP contribution in [0.2, 0.25) is 0 Å². The van der Waals surface area contributed by atoms with Crippen LogP contribution in [0.5, 0.6) is 0 Å². The van der Waals surface area contributed by atoms with Gasteiger partial charge in [-0.15, -0.1) is 0 Å². The quantitative estimate of drug-likeness (QED) is 0.735. The van der Waals surface area contributed by atoms with Crippen LogP contribution in [0.25, 0.3) is 0 Å². The summed E-state index contributed by atoms with van der Waals surface area (Å²) in [5.41, 5.74) is 1.03. The second-order valence-corrected chi connectivity index (χ2v) is 5.56. The first kappa shape index (κ1) is 15.5. The van der Waals surface area contributed by atoms with Gasteiger partial charge in [-0.1, -0.05) is 36.8 Å². The van der Waals surface area contributed by atoms with Gasteiger partial charge in [-0.2, -0.15) is 0 Å². The maximum atomic E-state index is 12.2. The van der Waals surface area contributed by atoms with E-state index in [1.165, 1.54) is 0 Å². The van der Waals surface area contributed by atoms with Crippen molar-refractivity contribution in [1.29, 1.82) is 0 Å². The van der Waals surface area contributed by atoms with Crippen molar-refractivity contribution in [3.05, 3.63) is 35.9 Å². The smallest absolute Gasteiger partial charge is 0.307 e. The Morgan fingerprint density at radius 1 is 1.19 bits per heavy atom. The number of amides is 1. The molecule has 2 rings (SSSR count). The number of carbonyl (C=O) groups is 2. The SMILES string of the molecule is O=C(O)C1CCCC1C(=O)N[C@H](CO)Cc1ccccc1. The van der Waals surface area contributed by atoms with E-state index in [4.69, 9.17) is 5.11 Å². The molecule has 1 aliphatic carbocycles. The summed E-state index contributed by atoms with van der Waals surface area (Å²) in [6.07, 6.45) is 2.45. The first-order valence-electron chi connectivity index (χ1n) is 7.29. The molecule has 1 aromatic carbocycles. The molecule has 0 radical (unpaired) electrons. The molecular formula is C16H21NO4. The zero-order valence-electron chi connectivity index (χ0n) is 11.9. The van der Waals surface area contributed by atoms with Gasteiger partial charge < -0.3 is 15.5 Å². The van der Waals surface area contributed by atoms with E-state index in [9.17, 15) is 14.7 Å². The number of carboxylic acids is 1. The van der Waals surface area contributed by atoms with Crippen LogP contribution in [0, 0.1) is 11.8 Å². The van der Waals surface area contributed by atoms with E-state index < -0.39 is 17.8 Å². The van der Waals surface area contributed by atoms with Gasteiger partial charge in [0.15, 0.2) is 0 Å². The predicted molar refractivity (Wildman–Crippen MR) is 77.6 cm³/mol. The Labute approximate surface area is 124 Å². The predicted octanol–water partition coefficient (Wildman–Crippen LogP) is 1.21. The summed E-state index contributed by atoms with van der Waals surface area (Å²) in [6.45, 7) is -0.162. The molecule has 1 aromatic rings. The lowest BCUT2D eigenvalue weighted by Gasteiger charge is -2.21. The molecule has 1 amide bonds. The van der Waals surface area contributed by atoms with Crippen molar-refractivity contribution >= 4 is 11.9 Å². The van der Waals surface area contributed by atoms with E-state index in [1.807, 2.05) is 30.3 Å². The van der Waals surface area contributed by atoms with Crippen molar-refractivity contribution in [1.82, 2.24) is 5.32 Å². The molecule has 1 fully saturated rings. The van der Waals surface area contributed by atoms with Crippen LogP contribution in [0.15, 0.2) is 30.3 Å². The van der Waals surface area contributed by atoms with Crippen LogP contribution < -0.4 is 5.32 Å². The number of benzene rings is 1. The fourth-order valence-electron chi connectivity index (χ4n) is 2.94. The summed E-state index contributed by atoms with van der Waals surface area (Å²) in [5, 5.41) is 21.3. The summed E-state index contributed by atoms with van der Waals surface area (Å²) in [5.74, 6) is -2.24. The van der Waals surface area contributed by atoms with Gasteiger partial charge in [0, 0.05) is 0 Å². The topological polar surface area (TPSA) is 86.6 Å². The molecule has 1 aliphatic rings. The molecule has 3 N–H and O–H groups in total. The van der Waals surface area contributed by atoms with Crippen molar-refractivity contribution in [3.63, 3.8) is 0 Å². The maximum absolute atomic E-state index is 12.2. The zero-order valence-corrected chi connectivity index (χ0v) is 11.9. The Bertz CT molecular complexity index is 488. The number of carboxylic acid groups (broad SMARTS) is 1. The Morgan fingerprint density at radius 3 is 2.48 bits per heavy atom. The minimum Gasteiger partial charge on any atom is -0.481 e. The van der Waals surface area contributed by atoms with Crippen molar-refractivity contribution in [2.75, 3.05) is 6.61 Å². The highest BCUT2D eigenvalue weighted by atomic mass is 16.4. The van der Waals surface area contributed by atoms with Gasteiger partial charge in [0.05, 0.1) is 24.5 Å². The number of aliphatic carboxylic acids is 1. The first-order chi connectivity index (χ1) is 10.1.